The van der Waals surface area contributed by atoms with Crippen molar-refractivity contribution >= 4 is 20.2 Å². The minimum atomic E-state index is -4.27. The maximum Gasteiger partial charge on any atom is 0.288 e. The monoisotopic (exact) mass is 517 g/mol. The number of aromatic nitrogens is 3. The van der Waals surface area contributed by atoms with E-state index in [4.69, 9.17) is 0 Å². The van der Waals surface area contributed by atoms with Gasteiger partial charge in [0.05, 0.1) is 30.1 Å². The van der Waals surface area contributed by atoms with E-state index in [1.807, 2.05) is 69.6 Å². The van der Waals surface area contributed by atoms with Gasteiger partial charge in [0.2, 0.25) is 0 Å². The van der Waals surface area contributed by atoms with Crippen LogP contribution in [0.1, 0.15) is 11.1 Å². The molecular weight excluding hydrogens is 490 g/mol. The number of rotatable bonds is 3. The lowest BCUT2D eigenvalue weighted by Gasteiger charge is -2.05. The van der Waals surface area contributed by atoms with E-state index in [-0.39, 0.29) is 9.79 Å². The van der Waals surface area contributed by atoms with E-state index in [1.165, 1.54) is 24.3 Å². The summed E-state index contributed by atoms with van der Waals surface area (Å²) in [5.74, 6) is 1.16. The van der Waals surface area contributed by atoms with Gasteiger partial charge >= 0.3 is 0 Å². The van der Waals surface area contributed by atoms with E-state index < -0.39 is 20.2 Å². The number of pyridine rings is 1. The predicted molar refractivity (Wildman–Crippen MR) is 126 cm³/mol. The van der Waals surface area contributed by atoms with Crippen LogP contribution < -0.4 is 9.13 Å². The molecule has 0 amide bonds. The van der Waals surface area contributed by atoms with E-state index in [0.29, 0.717) is 0 Å². The van der Waals surface area contributed by atoms with E-state index in [9.17, 15) is 25.9 Å². The standard InChI is InChI=1S/C10H13N3.2C7H8O3S/c1-11-7-8-13(9-11)10-5-3-4-6-12(10)2;2*1-6-2-4-7(5-3-6)11(8,9)10/h3-9H,1-2H3;2*2-5H,1H3,(H,8,9,10)/q+2;;/p-2. The van der Waals surface area contributed by atoms with Crippen LogP contribution in [0.15, 0.2) is 101 Å². The molecule has 11 heteroatoms. The van der Waals surface area contributed by atoms with Crippen LogP contribution in [0, 0.1) is 13.8 Å². The highest BCUT2D eigenvalue weighted by atomic mass is 32.2. The second-order valence-corrected chi connectivity index (χ2v) is 10.4. The van der Waals surface area contributed by atoms with E-state index in [2.05, 4.69) is 15.2 Å². The molecule has 2 heterocycles. The normalized spacial score (nSPS) is 11.0. The lowest BCUT2D eigenvalue weighted by Crippen LogP contribution is -2.33. The zero-order chi connectivity index (χ0) is 26.2. The molecule has 0 saturated heterocycles. The van der Waals surface area contributed by atoms with Gasteiger partial charge in [-0.05, 0) is 44.2 Å². The molecule has 0 saturated carbocycles. The van der Waals surface area contributed by atoms with E-state index >= 15 is 0 Å². The number of imidazole rings is 1. The summed E-state index contributed by atoms with van der Waals surface area (Å²) in [6.45, 7) is 3.64. The van der Waals surface area contributed by atoms with Gasteiger partial charge in [-0.3, -0.25) is 0 Å². The van der Waals surface area contributed by atoms with Gasteiger partial charge in [-0.2, -0.15) is 4.57 Å². The topological polar surface area (TPSA) is 127 Å². The molecule has 0 fully saturated rings. The Morgan fingerprint density at radius 2 is 1.14 bits per heavy atom. The SMILES string of the molecule is C[n+]1ccn(-c2cccc[n+]2C)c1.Cc1ccc(S(=O)(=O)[O-])cc1.Cc1ccc(S(=O)(=O)[O-])cc1. The quantitative estimate of drug-likeness (QED) is 0.302. The summed E-state index contributed by atoms with van der Waals surface area (Å²) in [6, 6.07) is 17.7. The Bertz CT molecular complexity index is 1390. The summed E-state index contributed by atoms with van der Waals surface area (Å²) in [4.78, 5) is -0.355. The Hall–Kier alpha value is -3.38. The molecule has 2 aromatic heterocycles. The van der Waals surface area contributed by atoms with Crippen molar-refractivity contribution < 1.29 is 35.1 Å². The second kappa shape index (κ2) is 11.8. The van der Waals surface area contributed by atoms with Crippen LogP contribution in [-0.2, 0) is 34.3 Å². The van der Waals surface area contributed by atoms with E-state index in [1.54, 1.807) is 24.3 Å². The van der Waals surface area contributed by atoms with E-state index in [0.717, 1.165) is 16.9 Å². The third-order valence-electron chi connectivity index (χ3n) is 4.68. The van der Waals surface area contributed by atoms with Crippen molar-refractivity contribution in [2.24, 2.45) is 14.1 Å². The maximum absolute atomic E-state index is 10.4. The molecule has 9 nitrogen and oxygen atoms in total. The molecule has 0 N–H and O–H groups in total. The van der Waals surface area contributed by atoms with Gasteiger partial charge < -0.3 is 9.11 Å². The van der Waals surface area contributed by atoms with Gasteiger partial charge in [-0.1, -0.05) is 41.5 Å². The molecule has 0 atom stereocenters. The van der Waals surface area contributed by atoms with Crippen LogP contribution >= 0.6 is 0 Å². The molecule has 35 heavy (non-hydrogen) atoms. The zero-order valence-electron chi connectivity index (χ0n) is 19.8. The van der Waals surface area contributed by atoms with Crippen LogP contribution in [0.25, 0.3) is 5.82 Å². The van der Waals surface area contributed by atoms with Gasteiger partial charge in [-0.25, -0.2) is 26.0 Å². The fourth-order valence-electron chi connectivity index (χ4n) is 2.78. The van der Waals surface area contributed by atoms with Crippen molar-refractivity contribution in [2.45, 2.75) is 23.6 Å². The minimum Gasteiger partial charge on any atom is -0.744 e. The number of nitrogens with zero attached hydrogens (tertiary/aromatic N) is 3. The van der Waals surface area contributed by atoms with Crippen molar-refractivity contribution in [3.8, 4) is 5.82 Å². The molecule has 4 rings (SSSR count). The van der Waals surface area contributed by atoms with Crippen molar-refractivity contribution in [3.05, 3.63) is 103 Å². The number of hydrogen-bond acceptors (Lipinski definition) is 6. The Morgan fingerprint density at radius 3 is 1.49 bits per heavy atom. The first-order valence-electron chi connectivity index (χ1n) is 10.3. The zero-order valence-corrected chi connectivity index (χ0v) is 21.4. The Morgan fingerprint density at radius 1 is 0.686 bits per heavy atom. The molecule has 2 aromatic carbocycles. The molecule has 0 bridgehead atoms. The molecule has 4 aromatic rings. The number of benzene rings is 2. The summed E-state index contributed by atoms with van der Waals surface area (Å²) >= 11 is 0. The smallest absolute Gasteiger partial charge is 0.288 e. The summed E-state index contributed by atoms with van der Waals surface area (Å²) in [6.07, 6.45) is 8.13. The van der Waals surface area contributed by atoms with Crippen molar-refractivity contribution in [1.29, 1.82) is 0 Å². The molecule has 0 radical (unpaired) electrons. The third kappa shape index (κ3) is 9.06. The van der Waals surface area contributed by atoms with Crippen molar-refractivity contribution in [2.75, 3.05) is 0 Å². The highest BCUT2D eigenvalue weighted by Crippen LogP contribution is 2.09. The first-order chi connectivity index (χ1) is 16.3. The Labute approximate surface area is 206 Å². The molecular formula is C24H27N3O6S2. The van der Waals surface area contributed by atoms with Gasteiger partial charge in [0.1, 0.15) is 32.6 Å². The largest absolute Gasteiger partial charge is 0.744 e. The maximum atomic E-state index is 10.4. The van der Waals surface area contributed by atoms with Crippen LogP contribution in [0.4, 0.5) is 0 Å². The first-order valence-corrected chi connectivity index (χ1v) is 13.1. The average Bonchev–Trinajstić information content (AvgIpc) is 3.20. The average molecular weight is 518 g/mol. The minimum absolute atomic E-state index is 0.178. The molecule has 0 aliphatic rings. The number of hydrogen-bond donors (Lipinski definition) is 0. The Balaban J connectivity index is 0.000000186. The number of aryl methyl sites for hydroxylation is 4. The van der Waals surface area contributed by atoms with Gasteiger partial charge in [0, 0.05) is 6.07 Å². The van der Waals surface area contributed by atoms with Crippen molar-refractivity contribution in [1.82, 2.24) is 4.57 Å². The summed E-state index contributed by atoms with van der Waals surface area (Å²) in [7, 11) is -4.49. The highest BCUT2D eigenvalue weighted by molar-refractivity contribution is 7.86. The predicted octanol–water partition coefficient (Wildman–Crippen LogP) is 1.92. The summed E-state index contributed by atoms with van der Waals surface area (Å²) < 4.78 is 68.5. The lowest BCUT2D eigenvalue weighted by atomic mass is 10.2. The van der Waals surface area contributed by atoms with Crippen LogP contribution in [0.3, 0.4) is 0 Å². The van der Waals surface area contributed by atoms with Crippen LogP contribution in [-0.4, -0.2) is 30.5 Å². The molecule has 0 aliphatic carbocycles. The summed E-state index contributed by atoms with van der Waals surface area (Å²) in [5.41, 5.74) is 1.86. The lowest BCUT2D eigenvalue weighted by molar-refractivity contribution is -0.677. The molecule has 0 aliphatic heterocycles. The molecule has 0 spiro atoms. The molecule has 186 valence electrons. The fraction of sp³-hybridized carbons (Fsp3) is 0.167. The summed E-state index contributed by atoms with van der Waals surface area (Å²) in [5, 5.41) is 0. The van der Waals surface area contributed by atoms with Gasteiger partial charge in [0.25, 0.3) is 12.1 Å². The van der Waals surface area contributed by atoms with Gasteiger partial charge in [-0.15, -0.1) is 0 Å². The fourth-order valence-corrected chi connectivity index (χ4v) is 3.72. The van der Waals surface area contributed by atoms with Gasteiger partial charge in [0.15, 0.2) is 0 Å². The molecule has 0 unspecified atom stereocenters. The first kappa shape index (κ1) is 27.9. The highest BCUT2D eigenvalue weighted by Gasteiger charge is 2.08. The van der Waals surface area contributed by atoms with Crippen molar-refractivity contribution in [3.63, 3.8) is 0 Å². The van der Waals surface area contributed by atoms with Crippen LogP contribution in [0.2, 0.25) is 0 Å². The van der Waals surface area contributed by atoms with Crippen LogP contribution in [0.5, 0.6) is 0 Å². The Kier molecular flexibility index (Phi) is 9.43. The third-order valence-corrected chi connectivity index (χ3v) is 6.38. The second-order valence-electron chi connectivity index (χ2n) is 7.69.